The van der Waals surface area contributed by atoms with E-state index >= 15 is 0 Å². The van der Waals surface area contributed by atoms with Crippen LogP contribution >= 0.6 is 22.9 Å². The zero-order chi connectivity index (χ0) is 20.1. The number of halogens is 1. The third kappa shape index (κ3) is 4.99. The van der Waals surface area contributed by atoms with E-state index in [0.29, 0.717) is 29.3 Å². The van der Waals surface area contributed by atoms with Gasteiger partial charge in [0.1, 0.15) is 5.75 Å². The van der Waals surface area contributed by atoms with Crippen LogP contribution in [-0.2, 0) is 16.0 Å². The highest BCUT2D eigenvalue weighted by Crippen LogP contribution is 2.27. The Labute approximate surface area is 172 Å². The predicted molar refractivity (Wildman–Crippen MR) is 112 cm³/mol. The van der Waals surface area contributed by atoms with E-state index in [0.717, 1.165) is 15.2 Å². The predicted octanol–water partition coefficient (Wildman–Crippen LogP) is 3.99. The van der Waals surface area contributed by atoms with Crippen LogP contribution in [0.25, 0.3) is 10.2 Å². The molecule has 0 spiro atoms. The molecule has 1 N–H and O–H groups in total. The third-order valence-electron chi connectivity index (χ3n) is 4.13. The number of anilines is 1. The van der Waals surface area contributed by atoms with Crippen molar-refractivity contribution in [2.75, 3.05) is 26.0 Å². The molecule has 0 aliphatic carbocycles. The summed E-state index contributed by atoms with van der Waals surface area (Å²) in [4.78, 5) is 30.6. The minimum absolute atomic E-state index is 0.0612. The summed E-state index contributed by atoms with van der Waals surface area (Å²) in [7, 11) is 3.12. The molecular weight excluding hydrogens is 398 g/mol. The molecule has 0 unspecified atom stereocenters. The maximum Gasteiger partial charge on any atom is 0.244 e. The van der Waals surface area contributed by atoms with E-state index < -0.39 is 0 Å². The number of carbonyl (C=O) groups is 2. The van der Waals surface area contributed by atoms with Crippen molar-refractivity contribution >= 4 is 50.7 Å². The minimum Gasteiger partial charge on any atom is -0.495 e. The normalized spacial score (nSPS) is 10.7. The fourth-order valence-corrected chi connectivity index (χ4v) is 3.84. The molecule has 2 amide bonds. The lowest BCUT2D eigenvalue weighted by atomic mass is 10.2. The molecule has 0 aliphatic heterocycles. The summed E-state index contributed by atoms with van der Waals surface area (Å²) in [5, 5.41) is 4.12. The first-order chi connectivity index (χ1) is 13.5. The molecule has 1 heterocycles. The quantitative estimate of drug-likeness (QED) is 0.631. The molecular formula is C20H20ClN3O3S. The van der Waals surface area contributed by atoms with E-state index in [1.807, 2.05) is 24.3 Å². The second kappa shape index (κ2) is 9.03. The number of fused-ring (bicyclic) bond motifs is 1. The van der Waals surface area contributed by atoms with Gasteiger partial charge in [-0.05, 0) is 30.3 Å². The molecule has 0 saturated carbocycles. The molecule has 0 bridgehead atoms. The van der Waals surface area contributed by atoms with E-state index in [1.165, 1.54) is 12.0 Å². The maximum absolute atomic E-state index is 12.4. The Morgan fingerprint density at radius 1 is 1.25 bits per heavy atom. The highest BCUT2D eigenvalue weighted by Gasteiger charge is 2.15. The van der Waals surface area contributed by atoms with Gasteiger partial charge in [0.25, 0.3) is 0 Å². The Balaban J connectivity index is 1.53. The molecule has 0 saturated heterocycles. The molecule has 146 valence electrons. The van der Waals surface area contributed by atoms with Crippen molar-refractivity contribution in [2.24, 2.45) is 0 Å². The molecule has 3 aromatic rings. The van der Waals surface area contributed by atoms with Gasteiger partial charge < -0.3 is 15.0 Å². The largest absolute Gasteiger partial charge is 0.495 e. The number of benzene rings is 2. The zero-order valence-electron chi connectivity index (χ0n) is 15.6. The van der Waals surface area contributed by atoms with E-state index in [2.05, 4.69) is 10.3 Å². The second-order valence-corrected chi connectivity index (χ2v) is 7.77. The number of para-hydroxylation sites is 1. The zero-order valence-corrected chi connectivity index (χ0v) is 17.1. The van der Waals surface area contributed by atoms with Crippen LogP contribution in [0.3, 0.4) is 0 Å². The highest BCUT2D eigenvalue weighted by molar-refractivity contribution is 7.18. The molecule has 3 rings (SSSR count). The first-order valence-electron chi connectivity index (χ1n) is 8.68. The summed E-state index contributed by atoms with van der Waals surface area (Å²) in [5.41, 5.74) is 1.41. The number of amides is 2. The topological polar surface area (TPSA) is 71.5 Å². The minimum atomic E-state index is -0.323. The van der Waals surface area contributed by atoms with Crippen molar-refractivity contribution in [1.82, 2.24) is 9.88 Å². The maximum atomic E-state index is 12.4. The standard InChI is InChI=1S/C20H20ClN3O3S/c1-24(12-18(25)22-15-11-13(21)7-8-16(15)27-2)20(26)10-9-19-23-14-5-3-4-6-17(14)28-19/h3-8,11H,9-10,12H2,1-2H3,(H,22,25). The van der Waals surface area contributed by atoms with Crippen molar-refractivity contribution in [3.8, 4) is 5.75 Å². The van der Waals surface area contributed by atoms with E-state index in [-0.39, 0.29) is 18.4 Å². The fourth-order valence-electron chi connectivity index (χ4n) is 2.70. The Morgan fingerprint density at radius 2 is 2.04 bits per heavy atom. The fraction of sp³-hybridized carbons (Fsp3) is 0.250. The average molecular weight is 418 g/mol. The number of methoxy groups -OCH3 is 1. The van der Waals surface area contributed by atoms with Crippen molar-refractivity contribution in [1.29, 1.82) is 0 Å². The molecule has 0 aliphatic rings. The Bertz CT molecular complexity index is 972. The van der Waals surface area contributed by atoms with Crippen LogP contribution in [0.4, 0.5) is 5.69 Å². The van der Waals surface area contributed by atoms with Crippen LogP contribution in [0.2, 0.25) is 5.02 Å². The van der Waals surface area contributed by atoms with Crippen molar-refractivity contribution in [3.05, 3.63) is 52.5 Å². The number of nitrogens with zero attached hydrogens (tertiary/aromatic N) is 2. The SMILES string of the molecule is COc1ccc(Cl)cc1NC(=O)CN(C)C(=O)CCc1nc2ccccc2s1. The number of ether oxygens (including phenoxy) is 1. The number of thiazole rings is 1. The Morgan fingerprint density at radius 3 is 2.79 bits per heavy atom. The summed E-state index contributed by atoms with van der Waals surface area (Å²) in [6.45, 7) is -0.0612. The highest BCUT2D eigenvalue weighted by atomic mass is 35.5. The molecule has 8 heteroatoms. The van der Waals surface area contributed by atoms with Gasteiger partial charge in [-0.2, -0.15) is 0 Å². The number of rotatable bonds is 7. The number of nitrogens with one attached hydrogen (secondary N) is 1. The number of carbonyl (C=O) groups excluding carboxylic acids is 2. The van der Waals surface area contributed by atoms with Crippen molar-refractivity contribution < 1.29 is 14.3 Å². The van der Waals surface area contributed by atoms with Gasteiger partial charge in [0.2, 0.25) is 11.8 Å². The first-order valence-corrected chi connectivity index (χ1v) is 9.87. The van der Waals surface area contributed by atoms with E-state index in [1.54, 1.807) is 36.6 Å². The van der Waals surface area contributed by atoms with Crippen LogP contribution in [0.5, 0.6) is 5.75 Å². The lowest BCUT2D eigenvalue weighted by Crippen LogP contribution is -2.35. The van der Waals surface area contributed by atoms with Gasteiger partial charge in [-0.25, -0.2) is 4.98 Å². The van der Waals surface area contributed by atoms with Crippen LogP contribution in [0.15, 0.2) is 42.5 Å². The molecule has 28 heavy (non-hydrogen) atoms. The van der Waals surface area contributed by atoms with Crippen LogP contribution in [0.1, 0.15) is 11.4 Å². The second-order valence-electron chi connectivity index (χ2n) is 6.22. The monoisotopic (exact) mass is 417 g/mol. The van der Waals surface area contributed by atoms with Gasteiger partial charge in [-0.15, -0.1) is 11.3 Å². The van der Waals surface area contributed by atoms with Crippen molar-refractivity contribution in [3.63, 3.8) is 0 Å². The molecule has 0 radical (unpaired) electrons. The van der Waals surface area contributed by atoms with Gasteiger partial charge >= 0.3 is 0 Å². The van der Waals surface area contributed by atoms with Gasteiger partial charge in [-0.1, -0.05) is 23.7 Å². The Kier molecular flexibility index (Phi) is 6.49. The van der Waals surface area contributed by atoms with Crippen LogP contribution in [0, 0.1) is 0 Å². The van der Waals surface area contributed by atoms with Crippen LogP contribution in [-0.4, -0.2) is 42.4 Å². The molecule has 2 aromatic carbocycles. The number of likely N-dealkylation sites (N-methyl/N-ethyl adjacent to an activating group) is 1. The number of hydrogen-bond acceptors (Lipinski definition) is 5. The molecule has 0 atom stereocenters. The number of aromatic nitrogens is 1. The third-order valence-corrected chi connectivity index (χ3v) is 5.46. The summed E-state index contributed by atoms with van der Waals surface area (Å²) in [6, 6.07) is 12.8. The first kappa shape index (κ1) is 20.1. The van der Waals surface area contributed by atoms with Gasteiger partial charge in [0.15, 0.2) is 0 Å². The molecule has 1 aromatic heterocycles. The lowest BCUT2D eigenvalue weighted by molar-refractivity contribution is -0.133. The van der Waals surface area contributed by atoms with Crippen molar-refractivity contribution in [2.45, 2.75) is 12.8 Å². The molecule has 6 nitrogen and oxygen atoms in total. The number of aryl methyl sites for hydroxylation is 1. The summed E-state index contributed by atoms with van der Waals surface area (Å²) >= 11 is 7.55. The Hall–Kier alpha value is -2.64. The van der Waals surface area contributed by atoms with Gasteiger partial charge in [-0.3, -0.25) is 9.59 Å². The lowest BCUT2D eigenvalue weighted by Gasteiger charge is -2.17. The number of hydrogen-bond donors (Lipinski definition) is 1. The summed E-state index contributed by atoms with van der Waals surface area (Å²) in [6.07, 6.45) is 0.844. The van der Waals surface area contributed by atoms with Gasteiger partial charge in [0.05, 0.1) is 34.6 Å². The smallest absolute Gasteiger partial charge is 0.244 e. The average Bonchev–Trinajstić information content (AvgIpc) is 3.09. The molecule has 0 fully saturated rings. The van der Waals surface area contributed by atoms with E-state index in [4.69, 9.17) is 16.3 Å². The summed E-state index contributed by atoms with van der Waals surface area (Å²) in [5.74, 6) is 0.0615. The van der Waals surface area contributed by atoms with Crippen LogP contribution < -0.4 is 10.1 Å². The van der Waals surface area contributed by atoms with Gasteiger partial charge in [0, 0.05) is 24.9 Å². The van der Waals surface area contributed by atoms with E-state index in [9.17, 15) is 9.59 Å². The summed E-state index contributed by atoms with van der Waals surface area (Å²) < 4.78 is 6.31.